The summed E-state index contributed by atoms with van der Waals surface area (Å²) in [4.78, 5) is 13.3. The molecule has 1 aliphatic rings. The zero-order valence-electron chi connectivity index (χ0n) is 18.9. The second kappa shape index (κ2) is 9.69. The van der Waals surface area contributed by atoms with Gasteiger partial charge in [0, 0.05) is 13.2 Å². The van der Waals surface area contributed by atoms with Crippen LogP contribution < -0.4 is 5.32 Å². The number of nitrogens with one attached hydrogen (secondary N) is 1. The lowest BCUT2D eigenvalue weighted by atomic mass is 10.1. The monoisotopic (exact) mass is 436 g/mol. The Morgan fingerprint density at radius 3 is 2.40 bits per heavy atom. The molecule has 2 unspecified atom stereocenters. The van der Waals surface area contributed by atoms with E-state index in [1.54, 1.807) is 13.4 Å². The fourth-order valence-electron chi connectivity index (χ4n) is 3.99. The van der Waals surface area contributed by atoms with Gasteiger partial charge in [0.05, 0.1) is 12.9 Å². The normalized spacial score (nSPS) is 24.8. The van der Waals surface area contributed by atoms with Crippen molar-refractivity contribution in [2.24, 2.45) is 0 Å². The van der Waals surface area contributed by atoms with E-state index in [9.17, 15) is 5.11 Å². The van der Waals surface area contributed by atoms with Gasteiger partial charge in [-0.25, -0.2) is 15.0 Å². The van der Waals surface area contributed by atoms with Gasteiger partial charge in [-0.3, -0.25) is 4.57 Å². The molecule has 1 radical (unpaired) electrons. The van der Waals surface area contributed by atoms with Gasteiger partial charge in [0.25, 0.3) is 0 Å². The first-order valence-electron chi connectivity index (χ1n) is 10.5. The van der Waals surface area contributed by atoms with Gasteiger partial charge in [0.2, 0.25) is 9.04 Å². The molecule has 2 aromatic heterocycles. The molecule has 1 aliphatic heterocycles. The number of nitrogens with zero attached hydrogens (tertiary/aromatic N) is 4. The lowest BCUT2D eigenvalue weighted by Crippen LogP contribution is -2.43. The molecule has 1 fully saturated rings. The van der Waals surface area contributed by atoms with Gasteiger partial charge in [0.1, 0.15) is 24.6 Å². The largest absolute Gasteiger partial charge is 0.408 e. The molecule has 167 valence electrons. The van der Waals surface area contributed by atoms with E-state index in [-0.39, 0.29) is 18.8 Å². The highest BCUT2D eigenvalue weighted by atomic mass is 28.3. The highest BCUT2D eigenvalue weighted by Crippen LogP contribution is 2.37. The van der Waals surface area contributed by atoms with Crippen LogP contribution in [0, 0.1) is 0 Å². The molecule has 0 aromatic carbocycles. The Balaban J connectivity index is 1.94. The predicted molar refractivity (Wildman–Crippen MR) is 117 cm³/mol. The molecular formula is C20H34N5O4Si. The summed E-state index contributed by atoms with van der Waals surface area (Å²) in [5, 5.41) is 13.3. The SMILES string of the molecule is COC1C(O[Si](C(C)C)C(C)C)[C@@H](CO)O[C@H]1n1cnc2c(NC(C)C)ncnc21. The number of aliphatic hydroxyl groups is 1. The number of aromatic nitrogens is 4. The number of hydrogen-bond acceptors (Lipinski definition) is 8. The first-order valence-corrected chi connectivity index (χ1v) is 12.1. The van der Waals surface area contributed by atoms with Crippen LogP contribution in [-0.2, 0) is 13.9 Å². The van der Waals surface area contributed by atoms with E-state index < -0.39 is 27.5 Å². The van der Waals surface area contributed by atoms with Gasteiger partial charge in [-0.2, -0.15) is 0 Å². The molecule has 9 nitrogen and oxygen atoms in total. The number of fused-ring (bicyclic) bond motifs is 1. The number of hydrogen-bond donors (Lipinski definition) is 2. The molecule has 0 bridgehead atoms. The van der Waals surface area contributed by atoms with Crippen LogP contribution in [0.25, 0.3) is 11.2 Å². The van der Waals surface area contributed by atoms with Crippen LogP contribution in [0.1, 0.15) is 47.8 Å². The van der Waals surface area contributed by atoms with E-state index in [1.807, 2.05) is 18.4 Å². The summed E-state index contributed by atoms with van der Waals surface area (Å²) in [6.45, 7) is 12.7. The van der Waals surface area contributed by atoms with Crippen LogP contribution in [0.5, 0.6) is 0 Å². The summed E-state index contributed by atoms with van der Waals surface area (Å²) in [6.07, 6.45) is 1.45. The smallest absolute Gasteiger partial charge is 0.217 e. The van der Waals surface area contributed by atoms with E-state index in [0.717, 1.165) is 0 Å². The zero-order chi connectivity index (χ0) is 22.0. The van der Waals surface area contributed by atoms with E-state index in [1.165, 1.54) is 6.33 Å². The number of anilines is 1. The number of imidazole rings is 1. The Bertz CT molecular complexity index is 823. The third kappa shape index (κ3) is 4.52. The fourth-order valence-corrected chi connectivity index (χ4v) is 6.46. The third-order valence-electron chi connectivity index (χ3n) is 5.21. The minimum atomic E-state index is -1.13. The summed E-state index contributed by atoms with van der Waals surface area (Å²) >= 11 is 0. The highest BCUT2D eigenvalue weighted by Gasteiger charge is 2.48. The highest BCUT2D eigenvalue weighted by molar-refractivity contribution is 6.55. The Hall–Kier alpha value is -1.59. The molecular weight excluding hydrogens is 402 g/mol. The molecule has 0 amide bonds. The lowest BCUT2D eigenvalue weighted by molar-refractivity contribution is -0.0583. The van der Waals surface area contributed by atoms with Gasteiger partial charge in [-0.05, 0) is 24.9 Å². The molecule has 0 saturated carbocycles. The number of aliphatic hydroxyl groups excluding tert-OH is 1. The van der Waals surface area contributed by atoms with Gasteiger partial charge in [-0.15, -0.1) is 0 Å². The molecule has 2 N–H and O–H groups in total. The summed E-state index contributed by atoms with van der Waals surface area (Å²) in [7, 11) is 0.516. The average molecular weight is 437 g/mol. The maximum absolute atomic E-state index is 10.0. The van der Waals surface area contributed by atoms with Gasteiger partial charge < -0.3 is 24.3 Å². The number of ether oxygens (including phenoxy) is 2. The molecule has 0 aliphatic carbocycles. The first-order chi connectivity index (χ1) is 14.3. The summed E-state index contributed by atoms with van der Waals surface area (Å²) in [5.41, 5.74) is 2.18. The second-order valence-electron chi connectivity index (χ2n) is 8.59. The zero-order valence-corrected chi connectivity index (χ0v) is 19.9. The third-order valence-corrected chi connectivity index (χ3v) is 8.03. The molecule has 30 heavy (non-hydrogen) atoms. The summed E-state index contributed by atoms with van der Waals surface area (Å²) < 4.78 is 20.5. The minimum absolute atomic E-state index is 0.145. The molecule has 1 saturated heterocycles. The molecule has 3 heterocycles. The van der Waals surface area contributed by atoms with Gasteiger partial charge in [-0.1, -0.05) is 27.7 Å². The van der Waals surface area contributed by atoms with Crippen LogP contribution in [0.15, 0.2) is 12.7 Å². The Morgan fingerprint density at radius 2 is 1.83 bits per heavy atom. The molecule has 2 aromatic rings. The van der Waals surface area contributed by atoms with Crippen molar-refractivity contribution in [2.45, 2.75) is 83.2 Å². The maximum atomic E-state index is 10.0. The average Bonchev–Trinajstić information content (AvgIpc) is 3.26. The van der Waals surface area contributed by atoms with Crippen molar-refractivity contribution in [3.05, 3.63) is 12.7 Å². The minimum Gasteiger partial charge on any atom is -0.408 e. The molecule has 0 spiro atoms. The van der Waals surface area contributed by atoms with Crippen LogP contribution in [0.2, 0.25) is 11.1 Å². The quantitative estimate of drug-likeness (QED) is 0.578. The standard InChI is InChI=1S/C20H34N5O4Si/c1-11(2)24-18-15-19(22-9-21-18)25(10-23-15)20-17(27-7)16(14(8-26)28-20)29-30(12(3)4)13(5)6/h9-14,16-17,20,26H,8H2,1-7H3,(H,21,22,24)/t14-,16?,17?,20-/m1/s1. The van der Waals surface area contributed by atoms with Crippen molar-refractivity contribution >= 4 is 26.0 Å². The number of rotatable bonds is 9. The van der Waals surface area contributed by atoms with E-state index >= 15 is 0 Å². The Kier molecular flexibility index (Phi) is 7.46. The van der Waals surface area contributed by atoms with E-state index in [0.29, 0.717) is 28.1 Å². The molecule has 10 heteroatoms. The first kappa shape index (κ1) is 23.1. The van der Waals surface area contributed by atoms with Crippen molar-refractivity contribution < 1.29 is 19.0 Å². The summed E-state index contributed by atoms with van der Waals surface area (Å²) in [6, 6.07) is 0.215. The Labute approximate surface area is 179 Å². The Morgan fingerprint density at radius 1 is 1.13 bits per heavy atom. The van der Waals surface area contributed by atoms with Crippen molar-refractivity contribution in [3.8, 4) is 0 Å². The maximum Gasteiger partial charge on any atom is 0.217 e. The van der Waals surface area contributed by atoms with Crippen molar-refractivity contribution in [1.82, 2.24) is 19.5 Å². The lowest BCUT2D eigenvalue weighted by Gasteiger charge is -2.30. The van der Waals surface area contributed by atoms with Crippen LogP contribution in [0.3, 0.4) is 0 Å². The van der Waals surface area contributed by atoms with Crippen LogP contribution in [0.4, 0.5) is 5.82 Å². The van der Waals surface area contributed by atoms with E-state index in [4.69, 9.17) is 13.9 Å². The van der Waals surface area contributed by atoms with Gasteiger partial charge in [0.15, 0.2) is 23.2 Å². The topological polar surface area (TPSA) is 104 Å². The summed E-state index contributed by atoms with van der Waals surface area (Å²) in [5.74, 6) is 0.678. The van der Waals surface area contributed by atoms with Crippen LogP contribution >= 0.6 is 0 Å². The van der Waals surface area contributed by atoms with Crippen molar-refractivity contribution in [1.29, 1.82) is 0 Å². The number of methoxy groups -OCH3 is 1. The van der Waals surface area contributed by atoms with Crippen molar-refractivity contribution in [2.75, 3.05) is 19.0 Å². The van der Waals surface area contributed by atoms with E-state index in [2.05, 4.69) is 48.0 Å². The molecule has 4 atom stereocenters. The molecule has 3 rings (SSSR count). The fraction of sp³-hybridized carbons (Fsp3) is 0.750. The predicted octanol–water partition coefficient (Wildman–Crippen LogP) is 2.75. The van der Waals surface area contributed by atoms with Crippen LogP contribution in [-0.4, -0.2) is 71.7 Å². The van der Waals surface area contributed by atoms with Crippen molar-refractivity contribution in [3.63, 3.8) is 0 Å². The second-order valence-corrected chi connectivity index (χ2v) is 11.9. The van der Waals surface area contributed by atoms with Gasteiger partial charge >= 0.3 is 0 Å².